The minimum atomic E-state index is -0.538. The molecule has 0 heterocycles. The predicted molar refractivity (Wildman–Crippen MR) is 67.2 cm³/mol. The van der Waals surface area contributed by atoms with E-state index in [2.05, 4.69) is 5.32 Å². The monoisotopic (exact) mass is 238 g/mol. The fourth-order valence-electron chi connectivity index (χ4n) is 1.50. The number of nitrogens with one attached hydrogen (secondary N) is 1. The zero-order valence-corrected chi connectivity index (χ0v) is 10.5. The summed E-state index contributed by atoms with van der Waals surface area (Å²) in [5.41, 5.74) is 7.11. The highest BCUT2D eigenvalue weighted by molar-refractivity contribution is 5.95. The zero-order chi connectivity index (χ0) is 13.0. The number of rotatable bonds is 4. The molecule has 1 aromatic rings. The number of halogens is 1. The highest BCUT2D eigenvalue weighted by Gasteiger charge is 2.19. The van der Waals surface area contributed by atoms with Crippen LogP contribution in [0, 0.1) is 18.7 Å². The summed E-state index contributed by atoms with van der Waals surface area (Å²) in [6.07, 6.45) is 0.844. The van der Waals surface area contributed by atoms with Crippen LogP contribution in [-0.2, 0) is 4.79 Å². The molecule has 0 bridgehead atoms. The molecule has 1 amide bonds. The summed E-state index contributed by atoms with van der Waals surface area (Å²) < 4.78 is 12.9. The van der Waals surface area contributed by atoms with Crippen LogP contribution in [0.15, 0.2) is 18.2 Å². The second-order valence-corrected chi connectivity index (χ2v) is 4.36. The Morgan fingerprint density at radius 2 is 2.18 bits per heavy atom. The first-order chi connectivity index (χ1) is 7.95. The van der Waals surface area contributed by atoms with Crippen molar-refractivity contribution in [3.63, 3.8) is 0 Å². The first-order valence-corrected chi connectivity index (χ1v) is 5.78. The van der Waals surface area contributed by atoms with Crippen LogP contribution in [0.4, 0.5) is 10.1 Å². The third kappa shape index (κ3) is 3.53. The van der Waals surface area contributed by atoms with E-state index in [1.54, 1.807) is 13.0 Å². The zero-order valence-electron chi connectivity index (χ0n) is 10.5. The number of carbonyl (C=O) groups excluding carboxylic acids is 1. The topological polar surface area (TPSA) is 55.1 Å². The van der Waals surface area contributed by atoms with Gasteiger partial charge in [0, 0.05) is 5.69 Å². The van der Waals surface area contributed by atoms with Crippen LogP contribution in [0.3, 0.4) is 0 Å². The van der Waals surface area contributed by atoms with Crippen molar-refractivity contribution in [2.24, 2.45) is 11.7 Å². The Labute approximate surface area is 101 Å². The molecule has 0 aromatic heterocycles. The van der Waals surface area contributed by atoms with Crippen LogP contribution < -0.4 is 11.1 Å². The number of amides is 1. The van der Waals surface area contributed by atoms with Crippen LogP contribution in [0.1, 0.15) is 25.8 Å². The average Bonchev–Trinajstić information content (AvgIpc) is 2.30. The van der Waals surface area contributed by atoms with Crippen molar-refractivity contribution in [3.8, 4) is 0 Å². The fourth-order valence-corrected chi connectivity index (χ4v) is 1.50. The summed E-state index contributed by atoms with van der Waals surface area (Å²) >= 11 is 0. The fraction of sp³-hybridized carbons (Fsp3) is 0.462. The van der Waals surface area contributed by atoms with Gasteiger partial charge in [0.1, 0.15) is 5.82 Å². The van der Waals surface area contributed by atoms with Gasteiger partial charge in [-0.15, -0.1) is 0 Å². The first-order valence-electron chi connectivity index (χ1n) is 5.78. The number of hydrogen-bond acceptors (Lipinski definition) is 2. The number of hydrogen-bond donors (Lipinski definition) is 2. The lowest BCUT2D eigenvalue weighted by molar-refractivity contribution is -0.118. The van der Waals surface area contributed by atoms with E-state index >= 15 is 0 Å². The van der Waals surface area contributed by atoms with E-state index in [1.807, 2.05) is 13.8 Å². The Bertz CT molecular complexity index is 406. The maximum Gasteiger partial charge on any atom is 0.241 e. The van der Waals surface area contributed by atoms with Gasteiger partial charge in [0.05, 0.1) is 6.04 Å². The molecular formula is C13H19FN2O. The highest BCUT2D eigenvalue weighted by Crippen LogP contribution is 2.16. The number of anilines is 1. The Morgan fingerprint density at radius 3 is 2.71 bits per heavy atom. The SMILES string of the molecule is CC[C@H](C)[C@H](N)C(=O)Nc1ccc(F)cc1C. The second kappa shape index (κ2) is 5.77. The number of nitrogens with two attached hydrogens (primary N) is 1. The molecule has 1 aromatic carbocycles. The van der Waals surface area contributed by atoms with E-state index in [9.17, 15) is 9.18 Å². The third-order valence-electron chi connectivity index (χ3n) is 3.01. The predicted octanol–water partition coefficient (Wildman–Crippen LogP) is 2.45. The minimum Gasteiger partial charge on any atom is -0.324 e. The summed E-state index contributed by atoms with van der Waals surface area (Å²) in [6, 6.07) is 3.71. The molecule has 0 unspecified atom stereocenters. The molecule has 3 nitrogen and oxygen atoms in total. The molecule has 2 atom stereocenters. The number of aryl methyl sites for hydroxylation is 1. The molecule has 17 heavy (non-hydrogen) atoms. The smallest absolute Gasteiger partial charge is 0.241 e. The van der Waals surface area contributed by atoms with Crippen molar-refractivity contribution in [1.29, 1.82) is 0 Å². The van der Waals surface area contributed by atoms with Crippen molar-refractivity contribution in [2.75, 3.05) is 5.32 Å². The molecule has 1 rings (SSSR count). The van der Waals surface area contributed by atoms with Crippen molar-refractivity contribution in [3.05, 3.63) is 29.6 Å². The van der Waals surface area contributed by atoms with Gasteiger partial charge in [-0.3, -0.25) is 4.79 Å². The highest BCUT2D eigenvalue weighted by atomic mass is 19.1. The number of benzene rings is 1. The van der Waals surface area contributed by atoms with Gasteiger partial charge in [0.2, 0.25) is 5.91 Å². The quantitative estimate of drug-likeness (QED) is 0.846. The molecule has 0 aliphatic rings. The molecule has 0 radical (unpaired) electrons. The van der Waals surface area contributed by atoms with Gasteiger partial charge in [-0.05, 0) is 36.6 Å². The van der Waals surface area contributed by atoms with Crippen LogP contribution in [0.2, 0.25) is 0 Å². The van der Waals surface area contributed by atoms with Crippen molar-refractivity contribution >= 4 is 11.6 Å². The average molecular weight is 238 g/mol. The molecule has 0 aliphatic heterocycles. The van der Waals surface area contributed by atoms with E-state index in [-0.39, 0.29) is 17.6 Å². The lowest BCUT2D eigenvalue weighted by Crippen LogP contribution is -2.40. The molecule has 0 fully saturated rings. The van der Waals surface area contributed by atoms with Gasteiger partial charge in [-0.2, -0.15) is 0 Å². The van der Waals surface area contributed by atoms with Gasteiger partial charge >= 0.3 is 0 Å². The Hall–Kier alpha value is -1.42. The third-order valence-corrected chi connectivity index (χ3v) is 3.01. The lowest BCUT2D eigenvalue weighted by Gasteiger charge is -2.18. The number of carbonyl (C=O) groups is 1. The molecule has 0 saturated carbocycles. The van der Waals surface area contributed by atoms with E-state index < -0.39 is 6.04 Å². The molecule has 3 N–H and O–H groups in total. The van der Waals surface area contributed by atoms with Gasteiger partial charge in [-0.1, -0.05) is 20.3 Å². The largest absolute Gasteiger partial charge is 0.324 e. The summed E-state index contributed by atoms with van der Waals surface area (Å²) in [5, 5.41) is 2.72. The molecule has 94 valence electrons. The molecule has 4 heteroatoms. The van der Waals surface area contributed by atoms with Crippen LogP contribution in [0.25, 0.3) is 0 Å². The van der Waals surface area contributed by atoms with E-state index in [4.69, 9.17) is 5.73 Å². The van der Waals surface area contributed by atoms with Crippen LogP contribution in [-0.4, -0.2) is 11.9 Å². The van der Waals surface area contributed by atoms with Crippen molar-refractivity contribution < 1.29 is 9.18 Å². The Balaban J connectivity index is 2.74. The first kappa shape index (κ1) is 13.6. The van der Waals surface area contributed by atoms with Crippen molar-refractivity contribution in [2.45, 2.75) is 33.2 Å². The van der Waals surface area contributed by atoms with Gasteiger partial charge in [0.15, 0.2) is 0 Å². The molecule has 0 aliphatic carbocycles. The molecule has 0 spiro atoms. The van der Waals surface area contributed by atoms with E-state index in [0.717, 1.165) is 6.42 Å². The second-order valence-electron chi connectivity index (χ2n) is 4.36. The maximum atomic E-state index is 12.9. The summed E-state index contributed by atoms with van der Waals surface area (Å²) in [7, 11) is 0. The van der Waals surface area contributed by atoms with Crippen LogP contribution >= 0.6 is 0 Å². The Kier molecular flexibility index (Phi) is 4.63. The molecule has 0 saturated heterocycles. The standard InChI is InChI=1S/C13H19FN2O/c1-4-8(2)12(15)13(17)16-11-6-5-10(14)7-9(11)3/h5-8,12H,4,15H2,1-3H3,(H,16,17)/t8-,12-/m0/s1. The van der Waals surface area contributed by atoms with Gasteiger partial charge < -0.3 is 11.1 Å². The lowest BCUT2D eigenvalue weighted by atomic mass is 9.99. The minimum absolute atomic E-state index is 0.121. The van der Waals surface area contributed by atoms with Crippen LogP contribution in [0.5, 0.6) is 0 Å². The normalized spacial score (nSPS) is 14.2. The van der Waals surface area contributed by atoms with Gasteiger partial charge in [-0.25, -0.2) is 4.39 Å². The van der Waals surface area contributed by atoms with Gasteiger partial charge in [0.25, 0.3) is 0 Å². The van der Waals surface area contributed by atoms with Crippen molar-refractivity contribution in [1.82, 2.24) is 0 Å². The van der Waals surface area contributed by atoms with E-state index in [1.165, 1.54) is 12.1 Å². The molecular weight excluding hydrogens is 219 g/mol. The maximum absolute atomic E-state index is 12.9. The van der Waals surface area contributed by atoms with E-state index in [0.29, 0.717) is 11.3 Å². The Morgan fingerprint density at radius 1 is 1.53 bits per heavy atom. The summed E-state index contributed by atoms with van der Waals surface area (Å²) in [4.78, 5) is 11.8. The summed E-state index contributed by atoms with van der Waals surface area (Å²) in [5.74, 6) is -0.420. The summed E-state index contributed by atoms with van der Waals surface area (Å²) in [6.45, 7) is 5.66.